The summed E-state index contributed by atoms with van der Waals surface area (Å²) in [6.07, 6.45) is 0.762. The van der Waals surface area contributed by atoms with Crippen molar-refractivity contribution in [1.82, 2.24) is 0 Å². The van der Waals surface area contributed by atoms with Gasteiger partial charge in [-0.25, -0.2) is 8.42 Å². The van der Waals surface area contributed by atoms with E-state index in [-0.39, 0.29) is 23.6 Å². The number of aliphatic hydroxyl groups is 1. The molecule has 1 aromatic rings. The molecule has 0 radical (unpaired) electrons. The van der Waals surface area contributed by atoms with Gasteiger partial charge in [0.15, 0.2) is 27.0 Å². The highest BCUT2D eigenvalue weighted by atomic mass is 32.2. The van der Waals surface area contributed by atoms with Crippen molar-refractivity contribution < 1.29 is 32.8 Å². The molecule has 1 aliphatic carbocycles. The molecule has 0 heterocycles. The summed E-state index contributed by atoms with van der Waals surface area (Å²) in [4.78, 5) is 34.9. The number of rotatable bonds is 6. The number of Topliss-reactive ketones (excluding diaryl/α,β-unsaturated/α-hetero) is 1. The van der Waals surface area contributed by atoms with E-state index in [1.54, 1.807) is 20.8 Å². The van der Waals surface area contributed by atoms with Crippen LogP contribution in [0.15, 0.2) is 44.8 Å². The zero-order valence-corrected chi connectivity index (χ0v) is 17.6. The lowest BCUT2D eigenvalue weighted by molar-refractivity contribution is -0.384. The minimum Gasteiger partial charge on any atom is -0.509 e. The molecule has 0 spiro atoms. The number of nitro benzene ring substituents is 1. The molecule has 0 bridgehead atoms. The number of azo groups is 1. The number of ketones is 1. The fraction of sp³-hybridized carbons (Fsp3) is 0.444. The number of ether oxygens (including phenoxy) is 1. The van der Waals surface area contributed by atoms with Crippen LogP contribution in [-0.4, -0.2) is 43.1 Å². The van der Waals surface area contributed by atoms with E-state index in [1.165, 1.54) is 0 Å². The van der Waals surface area contributed by atoms with E-state index in [9.17, 15) is 33.2 Å². The second kappa shape index (κ2) is 8.30. The lowest BCUT2D eigenvalue weighted by Crippen LogP contribution is -2.40. The number of esters is 1. The second-order valence-electron chi connectivity index (χ2n) is 7.39. The number of carbonyl (C=O) groups excluding carboxylic acids is 2. The second-order valence-corrected chi connectivity index (χ2v) is 9.40. The van der Waals surface area contributed by atoms with Crippen molar-refractivity contribution in [2.75, 3.05) is 12.9 Å². The van der Waals surface area contributed by atoms with Gasteiger partial charge in [-0.15, -0.1) is 10.2 Å². The van der Waals surface area contributed by atoms with E-state index in [0.29, 0.717) is 0 Å². The lowest BCUT2D eigenvalue weighted by Gasteiger charge is -2.35. The van der Waals surface area contributed by atoms with Crippen molar-refractivity contribution >= 4 is 33.0 Å². The van der Waals surface area contributed by atoms with Crippen LogP contribution in [0.2, 0.25) is 0 Å². The first kappa shape index (κ1) is 23.1. The third kappa shape index (κ3) is 4.70. The maximum Gasteiger partial charge on any atom is 0.317 e. The van der Waals surface area contributed by atoms with Gasteiger partial charge >= 0.3 is 5.97 Å². The van der Waals surface area contributed by atoms with Crippen LogP contribution < -0.4 is 0 Å². The van der Waals surface area contributed by atoms with Gasteiger partial charge in [-0.05, 0) is 24.5 Å². The first-order valence-electron chi connectivity index (χ1n) is 8.82. The summed E-state index contributed by atoms with van der Waals surface area (Å²) in [6.45, 7) is 4.90. The van der Waals surface area contributed by atoms with Crippen LogP contribution in [0.4, 0.5) is 11.4 Å². The van der Waals surface area contributed by atoms with Crippen LogP contribution in [0.5, 0.6) is 0 Å². The van der Waals surface area contributed by atoms with Crippen LogP contribution in [-0.2, 0) is 24.2 Å². The summed E-state index contributed by atoms with van der Waals surface area (Å²) in [7, 11) is -3.70. The van der Waals surface area contributed by atoms with Gasteiger partial charge in [0.25, 0.3) is 5.69 Å². The molecule has 11 nitrogen and oxygen atoms in total. The van der Waals surface area contributed by atoms with Gasteiger partial charge in [0, 0.05) is 18.7 Å². The molecule has 12 heteroatoms. The third-order valence-corrected chi connectivity index (χ3v) is 5.64. The molecule has 1 aromatic carbocycles. The largest absolute Gasteiger partial charge is 0.509 e. The summed E-state index contributed by atoms with van der Waals surface area (Å²) < 4.78 is 28.2. The van der Waals surface area contributed by atoms with Gasteiger partial charge in [-0.1, -0.05) is 13.8 Å². The molecule has 2 rings (SSSR count). The van der Waals surface area contributed by atoms with Crippen LogP contribution in [0.3, 0.4) is 0 Å². The average Bonchev–Trinajstić information content (AvgIpc) is 2.59. The molecule has 162 valence electrons. The molecule has 0 saturated carbocycles. The predicted molar refractivity (Wildman–Crippen MR) is 104 cm³/mol. The molecule has 30 heavy (non-hydrogen) atoms. The smallest absolute Gasteiger partial charge is 0.317 e. The Hall–Kier alpha value is -3.15. The van der Waals surface area contributed by atoms with E-state index >= 15 is 0 Å². The Morgan fingerprint density at radius 2 is 2.00 bits per heavy atom. The highest BCUT2D eigenvalue weighted by Gasteiger charge is 2.47. The average molecular weight is 439 g/mol. The van der Waals surface area contributed by atoms with Crippen molar-refractivity contribution in [1.29, 1.82) is 0 Å². The molecule has 1 aliphatic rings. The Kier molecular flexibility index (Phi) is 6.40. The topological polar surface area (TPSA) is 166 Å². The van der Waals surface area contributed by atoms with Gasteiger partial charge in [0.1, 0.15) is 11.7 Å². The Bertz CT molecular complexity index is 1070. The molecule has 0 amide bonds. The predicted octanol–water partition coefficient (Wildman–Crippen LogP) is 3.03. The first-order valence-corrected chi connectivity index (χ1v) is 10.7. The minimum atomic E-state index is -3.70. The fourth-order valence-electron chi connectivity index (χ4n) is 3.08. The Morgan fingerprint density at radius 1 is 1.37 bits per heavy atom. The van der Waals surface area contributed by atoms with Crippen molar-refractivity contribution in [2.24, 2.45) is 21.6 Å². The lowest BCUT2D eigenvalue weighted by atomic mass is 9.70. The minimum absolute atomic E-state index is 0.0718. The zero-order valence-electron chi connectivity index (χ0n) is 16.8. The molecule has 1 N–H and O–H groups in total. The third-order valence-electron chi connectivity index (χ3n) is 4.53. The van der Waals surface area contributed by atoms with Gasteiger partial charge in [0.05, 0.1) is 16.4 Å². The van der Waals surface area contributed by atoms with Crippen molar-refractivity contribution in [2.45, 2.75) is 32.1 Å². The number of allylic oxidation sites excluding steroid dienone is 1. The molecule has 1 unspecified atom stereocenters. The van der Waals surface area contributed by atoms with E-state index in [0.717, 1.165) is 24.5 Å². The van der Waals surface area contributed by atoms with Gasteiger partial charge < -0.3 is 9.84 Å². The van der Waals surface area contributed by atoms with Gasteiger partial charge in [-0.3, -0.25) is 19.7 Å². The van der Waals surface area contributed by atoms with E-state index in [1.807, 2.05) is 0 Å². The molecular weight excluding hydrogens is 418 g/mol. The molecule has 0 saturated heterocycles. The van der Waals surface area contributed by atoms with E-state index in [4.69, 9.17) is 4.74 Å². The maximum atomic E-state index is 12.4. The van der Waals surface area contributed by atoms with Gasteiger partial charge in [0.2, 0.25) is 0 Å². The van der Waals surface area contributed by atoms with Crippen LogP contribution in [0.25, 0.3) is 0 Å². The van der Waals surface area contributed by atoms with Gasteiger partial charge in [-0.2, -0.15) is 0 Å². The summed E-state index contributed by atoms with van der Waals surface area (Å²) >= 11 is 0. The molecule has 0 aliphatic heterocycles. The van der Waals surface area contributed by atoms with Crippen LogP contribution in [0, 0.1) is 21.4 Å². The fourth-order valence-corrected chi connectivity index (χ4v) is 3.72. The summed E-state index contributed by atoms with van der Waals surface area (Å²) in [6, 6.07) is 3.00. The van der Waals surface area contributed by atoms with Crippen molar-refractivity contribution in [3.8, 4) is 0 Å². The summed E-state index contributed by atoms with van der Waals surface area (Å²) in [5.41, 5.74) is -2.41. The number of nitrogens with zero attached hydrogens (tertiary/aromatic N) is 3. The quantitative estimate of drug-likeness (QED) is 0.305. The number of sulfone groups is 1. The highest BCUT2D eigenvalue weighted by Crippen LogP contribution is 2.43. The Balaban J connectivity index is 2.54. The Morgan fingerprint density at radius 3 is 2.53 bits per heavy atom. The number of hydrogen-bond acceptors (Lipinski definition) is 10. The van der Waals surface area contributed by atoms with Crippen LogP contribution in [0.1, 0.15) is 27.2 Å². The molecule has 0 aromatic heterocycles. The number of benzene rings is 1. The highest BCUT2D eigenvalue weighted by molar-refractivity contribution is 7.90. The zero-order chi connectivity index (χ0) is 22.9. The van der Waals surface area contributed by atoms with Crippen LogP contribution >= 0.6 is 0 Å². The number of carbonyl (C=O) groups is 2. The Labute approximate surface area is 172 Å². The number of nitro groups is 1. The SMILES string of the molecule is CCOC(=O)C1C(O)=C(N=Nc2ccc(S(C)(=O)=O)cc2[N+](=O)[O-])C(=O)CC1(C)C. The normalized spacial score (nSPS) is 19.2. The van der Waals surface area contributed by atoms with Crippen molar-refractivity contribution in [3.63, 3.8) is 0 Å². The number of hydrogen-bond donors (Lipinski definition) is 1. The standard InChI is InChI=1S/C18H21N3O8S/c1-5-29-17(24)14-16(23)15(13(22)9-18(14,2)3)20-19-11-7-6-10(30(4,27)28)8-12(11)21(25)26/h6-8,14,23H,5,9H2,1-4H3. The molecule has 0 fully saturated rings. The molecular formula is C18H21N3O8S. The van der Waals surface area contributed by atoms with E-state index in [2.05, 4.69) is 10.2 Å². The first-order chi connectivity index (χ1) is 13.8. The molecule has 1 atom stereocenters. The number of aliphatic hydroxyl groups excluding tert-OH is 1. The van der Waals surface area contributed by atoms with E-state index < -0.39 is 55.0 Å². The monoisotopic (exact) mass is 439 g/mol. The summed E-state index contributed by atoms with van der Waals surface area (Å²) in [5.74, 6) is -3.12. The maximum absolute atomic E-state index is 12.4. The van der Waals surface area contributed by atoms with Crippen molar-refractivity contribution in [3.05, 3.63) is 39.8 Å². The summed E-state index contributed by atoms with van der Waals surface area (Å²) in [5, 5.41) is 29.1.